The van der Waals surface area contributed by atoms with Gasteiger partial charge in [0.2, 0.25) is 0 Å². The SMILES string of the molecule is CCCCCCCCCCCCO.CCCCCCCCO. The normalized spacial score (nSPS) is 10.4. The molecule has 0 heterocycles. The number of hydrogen-bond donors (Lipinski definition) is 2. The van der Waals surface area contributed by atoms with E-state index in [1.165, 1.54) is 89.9 Å². The summed E-state index contributed by atoms with van der Waals surface area (Å²) in [4.78, 5) is 0. The molecule has 0 saturated heterocycles. The van der Waals surface area contributed by atoms with Crippen LogP contribution < -0.4 is 0 Å². The minimum Gasteiger partial charge on any atom is -0.396 e. The molecule has 0 atom stereocenters. The highest BCUT2D eigenvalue weighted by atomic mass is 16.3. The van der Waals surface area contributed by atoms with Gasteiger partial charge in [0.1, 0.15) is 0 Å². The van der Waals surface area contributed by atoms with Crippen LogP contribution in [0.1, 0.15) is 117 Å². The second kappa shape index (κ2) is 25.9. The predicted octanol–water partition coefficient (Wildman–Crippen LogP) is 6.24. The lowest BCUT2D eigenvalue weighted by molar-refractivity contribution is 0.282. The van der Waals surface area contributed by atoms with Crippen LogP contribution in [0.2, 0.25) is 0 Å². The molecule has 22 heavy (non-hydrogen) atoms. The Kier molecular flexibility index (Phi) is 28.4. The average molecular weight is 317 g/mol. The van der Waals surface area contributed by atoms with Crippen LogP contribution in [0.5, 0.6) is 0 Å². The third kappa shape index (κ3) is 28.1. The Balaban J connectivity index is 0. The van der Waals surface area contributed by atoms with Crippen molar-refractivity contribution in [2.45, 2.75) is 117 Å². The number of unbranched alkanes of at least 4 members (excludes halogenated alkanes) is 14. The first-order valence-electron chi connectivity index (χ1n) is 10.0. The van der Waals surface area contributed by atoms with E-state index >= 15 is 0 Å². The van der Waals surface area contributed by atoms with Crippen molar-refractivity contribution in [2.75, 3.05) is 13.2 Å². The summed E-state index contributed by atoms with van der Waals surface area (Å²) in [6, 6.07) is 0. The van der Waals surface area contributed by atoms with Gasteiger partial charge < -0.3 is 10.2 Å². The van der Waals surface area contributed by atoms with Crippen molar-refractivity contribution in [3.63, 3.8) is 0 Å². The van der Waals surface area contributed by atoms with Crippen LogP contribution in [-0.4, -0.2) is 23.4 Å². The molecule has 0 fully saturated rings. The van der Waals surface area contributed by atoms with Gasteiger partial charge in [-0.1, -0.05) is 104 Å². The van der Waals surface area contributed by atoms with Gasteiger partial charge in [-0.25, -0.2) is 0 Å². The molecule has 0 bridgehead atoms. The molecule has 0 aromatic carbocycles. The van der Waals surface area contributed by atoms with Crippen LogP contribution in [0.3, 0.4) is 0 Å². The molecule has 0 aromatic heterocycles. The van der Waals surface area contributed by atoms with E-state index in [0.717, 1.165) is 12.8 Å². The van der Waals surface area contributed by atoms with Crippen LogP contribution in [0.25, 0.3) is 0 Å². The molecule has 0 aliphatic heterocycles. The molecule has 0 unspecified atom stereocenters. The largest absolute Gasteiger partial charge is 0.396 e. The minimum absolute atomic E-state index is 0.367. The molecule has 2 nitrogen and oxygen atoms in total. The molecule has 136 valence electrons. The van der Waals surface area contributed by atoms with Gasteiger partial charge in [-0.15, -0.1) is 0 Å². The van der Waals surface area contributed by atoms with E-state index in [4.69, 9.17) is 10.2 Å². The number of aliphatic hydroxyl groups is 2. The summed E-state index contributed by atoms with van der Waals surface area (Å²) in [5.74, 6) is 0. The highest BCUT2D eigenvalue weighted by Gasteiger charge is 1.91. The Labute approximate surface area is 140 Å². The molecular formula is C20H44O2. The van der Waals surface area contributed by atoms with Crippen LogP contribution in [-0.2, 0) is 0 Å². The fraction of sp³-hybridized carbons (Fsp3) is 1.00. The Bertz CT molecular complexity index is 144. The fourth-order valence-corrected chi connectivity index (χ4v) is 2.49. The highest BCUT2D eigenvalue weighted by Crippen LogP contribution is 2.10. The first kappa shape index (κ1) is 24.2. The zero-order valence-corrected chi connectivity index (χ0v) is 15.6. The van der Waals surface area contributed by atoms with Gasteiger partial charge in [-0.05, 0) is 12.8 Å². The van der Waals surface area contributed by atoms with E-state index < -0.39 is 0 Å². The number of aliphatic hydroxyl groups excluding tert-OH is 2. The molecule has 0 rings (SSSR count). The second-order valence-electron chi connectivity index (χ2n) is 6.40. The number of rotatable bonds is 16. The average Bonchev–Trinajstić information content (AvgIpc) is 2.54. The Morgan fingerprint density at radius 2 is 0.591 bits per heavy atom. The molecule has 0 amide bonds. The van der Waals surface area contributed by atoms with Gasteiger partial charge in [0.05, 0.1) is 0 Å². The van der Waals surface area contributed by atoms with E-state index in [1.807, 2.05) is 0 Å². The molecule has 0 saturated carbocycles. The van der Waals surface area contributed by atoms with Crippen molar-refractivity contribution >= 4 is 0 Å². The van der Waals surface area contributed by atoms with E-state index in [-0.39, 0.29) is 0 Å². The van der Waals surface area contributed by atoms with Crippen molar-refractivity contribution < 1.29 is 10.2 Å². The first-order chi connectivity index (χ1) is 10.8. The zero-order valence-electron chi connectivity index (χ0n) is 15.6. The van der Waals surface area contributed by atoms with E-state index in [2.05, 4.69) is 13.8 Å². The van der Waals surface area contributed by atoms with Gasteiger partial charge in [0.25, 0.3) is 0 Å². The molecular weight excluding hydrogens is 272 g/mol. The summed E-state index contributed by atoms with van der Waals surface area (Å²) in [7, 11) is 0. The molecule has 0 radical (unpaired) electrons. The Morgan fingerprint density at radius 3 is 0.818 bits per heavy atom. The van der Waals surface area contributed by atoms with Crippen LogP contribution in [0.15, 0.2) is 0 Å². The summed E-state index contributed by atoms with van der Waals surface area (Å²) in [6.45, 7) is 5.21. The van der Waals surface area contributed by atoms with Gasteiger partial charge >= 0.3 is 0 Å². The number of hydrogen-bond acceptors (Lipinski definition) is 2. The van der Waals surface area contributed by atoms with Crippen molar-refractivity contribution in [2.24, 2.45) is 0 Å². The maximum atomic E-state index is 8.57. The van der Waals surface area contributed by atoms with E-state index in [0.29, 0.717) is 13.2 Å². The van der Waals surface area contributed by atoms with Gasteiger partial charge in [-0.3, -0.25) is 0 Å². The van der Waals surface area contributed by atoms with E-state index in [9.17, 15) is 0 Å². The lowest BCUT2D eigenvalue weighted by Gasteiger charge is -2.00. The first-order valence-corrected chi connectivity index (χ1v) is 10.0. The smallest absolute Gasteiger partial charge is 0.0431 e. The molecule has 0 aromatic rings. The summed E-state index contributed by atoms with van der Waals surface area (Å²) in [6.07, 6.45) is 20.8. The topological polar surface area (TPSA) is 40.5 Å². The molecule has 2 heteroatoms. The molecule has 0 aliphatic rings. The van der Waals surface area contributed by atoms with Crippen molar-refractivity contribution in [3.05, 3.63) is 0 Å². The summed E-state index contributed by atoms with van der Waals surface area (Å²) < 4.78 is 0. The zero-order chi connectivity index (χ0) is 16.7. The highest BCUT2D eigenvalue weighted by molar-refractivity contribution is 4.46. The Hall–Kier alpha value is -0.0800. The standard InChI is InChI=1S/C12H26O.C8H18O/c1-2-3-4-5-6-7-8-9-10-11-12-13;1-2-3-4-5-6-7-8-9/h13H,2-12H2,1H3;9H,2-8H2,1H3. The predicted molar refractivity (Wildman–Crippen MR) is 99.4 cm³/mol. The summed E-state index contributed by atoms with van der Waals surface area (Å²) in [5.41, 5.74) is 0. The quantitative estimate of drug-likeness (QED) is 0.331. The summed E-state index contributed by atoms with van der Waals surface area (Å²) in [5, 5.41) is 17.0. The molecule has 2 N–H and O–H groups in total. The second-order valence-corrected chi connectivity index (χ2v) is 6.40. The minimum atomic E-state index is 0.367. The Morgan fingerprint density at radius 1 is 0.364 bits per heavy atom. The maximum Gasteiger partial charge on any atom is 0.0431 e. The monoisotopic (exact) mass is 316 g/mol. The molecule has 0 spiro atoms. The maximum absolute atomic E-state index is 8.57. The van der Waals surface area contributed by atoms with Gasteiger partial charge in [0.15, 0.2) is 0 Å². The van der Waals surface area contributed by atoms with E-state index in [1.54, 1.807) is 0 Å². The third-order valence-corrected chi connectivity index (χ3v) is 4.02. The van der Waals surface area contributed by atoms with Crippen LogP contribution in [0, 0.1) is 0 Å². The molecule has 0 aliphatic carbocycles. The van der Waals surface area contributed by atoms with Crippen molar-refractivity contribution in [3.8, 4) is 0 Å². The lowest BCUT2D eigenvalue weighted by Crippen LogP contribution is -1.84. The summed E-state index contributed by atoms with van der Waals surface area (Å²) >= 11 is 0. The third-order valence-electron chi connectivity index (χ3n) is 4.02. The van der Waals surface area contributed by atoms with Gasteiger partial charge in [-0.2, -0.15) is 0 Å². The lowest BCUT2D eigenvalue weighted by atomic mass is 10.1. The van der Waals surface area contributed by atoms with Crippen LogP contribution in [0.4, 0.5) is 0 Å². The fourth-order valence-electron chi connectivity index (χ4n) is 2.49. The van der Waals surface area contributed by atoms with Crippen LogP contribution >= 0.6 is 0 Å². The van der Waals surface area contributed by atoms with Gasteiger partial charge in [0, 0.05) is 13.2 Å². The van der Waals surface area contributed by atoms with Crippen molar-refractivity contribution in [1.29, 1.82) is 0 Å². The van der Waals surface area contributed by atoms with Crippen molar-refractivity contribution in [1.82, 2.24) is 0 Å².